The quantitative estimate of drug-likeness (QED) is 0.667. The van der Waals surface area contributed by atoms with Crippen LogP contribution < -0.4 is 5.32 Å². The number of urea groups is 1. The van der Waals surface area contributed by atoms with Crippen molar-refractivity contribution in [2.45, 2.75) is 19.4 Å². The van der Waals surface area contributed by atoms with Crippen LogP contribution in [0.1, 0.15) is 18.4 Å². The molecule has 1 aromatic carbocycles. The van der Waals surface area contributed by atoms with E-state index in [-0.39, 0.29) is 18.1 Å². The Balaban J connectivity index is 1.81. The Labute approximate surface area is 132 Å². The maximum Gasteiger partial charge on any atom is 0.317 e. The third-order valence-electron chi connectivity index (χ3n) is 3.59. The second-order valence-corrected chi connectivity index (χ2v) is 5.40. The fraction of sp³-hybridized carbons (Fsp3) is 0.438. The number of nitrogens with zero attached hydrogens (tertiary/aromatic N) is 1. The zero-order valence-electron chi connectivity index (χ0n) is 12.9. The lowest BCUT2D eigenvalue weighted by Crippen LogP contribution is -2.37. The van der Waals surface area contributed by atoms with E-state index in [2.05, 4.69) is 5.32 Å². The number of carbonyl (C=O) groups is 1. The predicted octanol–water partition coefficient (Wildman–Crippen LogP) is 2.98. The van der Waals surface area contributed by atoms with Crippen molar-refractivity contribution in [3.05, 3.63) is 46.8 Å². The Morgan fingerprint density at radius 3 is 2.61 bits per heavy atom. The van der Waals surface area contributed by atoms with Gasteiger partial charge >= 0.3 is 6.03 Å². The van der Waals surface area contributed by atoms with Gasteiger partial charge in [-0.1, -0.05) is 11.6 Å². The van der Waals surface area contributed by atoms with E-state index in [1.165, 1.54) is 17.5 Å². The average molecular weight is 328 g/mol. The minimum atomic E-state index is -1.51. The first-order valence-corrected chi connectivity index (χ1v) is 7.35. The Morgan fingerprint density at radius 1 is 1.30 bits per heavy atom. The van der Waals surface area contributed by atoms with Crippen molar-refractivity contribution in [1.29, 1.82) is 0 Å². The summed E-state index contributed by atoms with van der Waals surface area (Å²) in [5.41, 5.74) is 1.42. The summed E-state index contributed by atoms with van der Waals surface area (Å²) in [6, 6.07) is 1.41. The molecule has 2 rings (SSSR count). The third kappa shape index (κ3) is 4.99. The lowest BCUT2D eigenvalue weighted by Gasteiger charge is -2.19. The first-order chi connectivity index (χ1) is 11.0. The van der Waals surface area contributed by atoms with Crippen LogP contribution in [0.15, 0.2) is 23.8 Å². The van der Waals surface area contributed by atoms with E-state index in [9.17, 15) is 18.0 Å². The summed E-state index contributed by atoms with van der Waals surface area (Å²) >= 11 is 0. The molecular formula is C16H19F3N2O2. The number of carbonyl (C=O) groups excluding carboxylic acids is 1. The second kappa shape index (κ2) is 8.01. The first-order valence-electron chi connectivity index (χ1n) is 7.35. The Bertz CT molecular complexity index is 582. The molecule has 0 bridgehead atoms. The fourth-order valence-corrected chi connectivity index (χ4v) is 2.30. The minimum Gasteiger partial charge on any atom is -0.377 e. The van der Waals surface area contributed by atoms with Gasteiger partial charge in [0.05, 0.1) is 13.2 Å². The number of amides is 2. The average Bonchev–Trinajstić information content (AvgIpc) is 2.53. The van der Waals surface area contributed by atoms with Crippen LogP contribution in [-0.2, 0) is 11.3 Å². The number of hydrogen-bond donors (Lipinski definition) is 1. The molecule has 1 heterocycles. The molecular weight excluding hydrogens is 309 g/mol. The van der Waals surface area contributed by atoms with Gasteiger partial charge in [-0.25, -0.2) is 18.0 Å². The van der Waals surface area contributed by atoms with Crippen molar-refractivity contribution in [3.63, 3.8) is 0 Å². The molecule has 4 nitrogen and oxygen atoms in total. The lowest BCUT2D eigenvalue weighted by molar-refractivity contribution is 0.153. The van der Waals surface area contributed by atoms with Crippen molar-refractivity contribution < 1.29 is 22.7 Å². The molecule has 7 heteroatoms. The van der Waals surface area contributed by atoms with Gasteiger partial charge in [-0.3, -0.25) is 0 Å². The van der Waals surface area contributed by atoms with Gasteiger partial charge in [-0.15, -0.1) is 0 Å². The Hall–Kier alpha value is -2.02. The summed E-state index contributed by atoms with van der Waals surface area (Å²) in [6.45, 7) is 1.75. The molecule has 23 heavy (non-hydrogen) atoms. The molecule has 0 saturated heterocycles. The Kier molecular flexibility index (Phi) is 6.04. The molecule has 2 amide bonds. The summed E-state index contributed by atoms with van der Waals surface area (Å²) in [4.78, 5) is 13.2. The van der Waals surface area contributed by atoms with Gasteiger partial charge < -0.3 is 15.0 Å². The standard InChI is InChI=1S/C16H19F3N2O2/c1-21(10-12-8-13(17)15(19)14(18)9-12)16(22)20-5-2-11-3-6-23-7-4-11/h3,8-9H,2,4-7,10H2,1H3,(H,20,22). The van der Waals surface area contributed by atoms with Gasteiger partial charge in [0, 0.05) is 20.1 Å². The highest BCUT2D eigenvalue weighted by Gasteiger charge is 2.14. The van der Waals surface area contributed by atoms with Crippen molar-refractivity contribution in [3.8, 4) is 0 Å². The van der Waals surface area contributed by atoms with Crippen LogP contribution in [0.5, 0.6) is 0 Å². The van der Waals surface area contributed by atoms with Crippen LogP contribution in [0, 0.1) is 17.5 Å². The lowest BCUT2D eigenvalue weighted by atomic mass is 10.1. The number of benzene rings is 1. The van der Waals surface area contributed by atoms with E-state index >= 15 is 0 Å². The van der Waals surface area contributed by atoms with Crippen LogP contribution in [0.3, 0.4) is 0 Å². The number of halogens is 3. The highest BCUT2D eigenvalue weighted by molar-refractivity contribution is 5.73. The van der Waals surface area contributed by atoms with Crippen LogP contribution in [0.4, 0.5) is 18.0 Å². The summed E-state index contributed by atoms with van der Waals surface area (Å²) in [5.74, 6) is -4.04. The van der Waals surface area contributed by atoms with Crippen molar-refractivity contribution in [2.75, 3.05) is 26.8 Å². The van der Waals surface area contributed by atoms with Crippen molar-refractivity contribution in [1.82, 2.24) is 10.2 Å². The van der Waals surface area contributed by atoms with Crippen LogP contribution in [-0.4, -0.2) is 37.7 Å². The summed E-state index contributed by atoms with van der Waals surface area (Å²) < 4.78 is 44.4. The number of hydrogen-bond acceptors (Lipinski definition) is 2. The van der Waals surface area contributed by atoms with E-state index in [1.807, 2.05) is 6.08 Å². The topological polar surface area (TPSA) is 41.6 Å². The van der Waals surface area contributed by atoms with Crippen LogP contribution in [0.2, 0.25) is 0 Å². The largest absolute Gasteiger partial charge is 0.377 e. The monoisotopic (exact) mass is 328 g/mol. The third-order valence-corrected chi connectivity index (χ3v) is 3.59. The summed E-state index contributed by atoms with van der Waals surface area (Å²) in [7, 11) is 1.50. The smallest absolute Gasteiger partial charge is 0.317 e. The van der Waals surface area contributed by atoms with Crippen molar-refractivity contribution >= 4 is 6.03 Å². The minimum absolute atomic E-state index is 0.0174. The van der Waals surface area contributed by atoms with E-state index in [0.29, 0.717) is 19.8 Å². The molecule has 0 radical (unpaired) electrons. The molecule has 0 fully saturated rings. The summed E-state index contributed by atoms with van der Waals surface area (Å²) in [6.07, 6.45) is 3.60. The van der Waals surface area contributed by atoms with E-state index in [4.69, 9.17) is 4.74 Å². The maximum absolute atomic E-state index is 13.1. The van der Waals surface area contributed by atoms with Gasteiger partial charge in [0.2, 0.25) is 0 Å². The van der Waals surface area contributed by atoms with E-state index in [0.717, 1.165) is 25.0 Å². The number of nitrogens with one attached hydrogen (secondary N) is 1. The van der Waals surface area contributed by atoms with Crippen LogP contribution >= 0.6 is 0 Å². The molecule has 1 aromatic rings. The maximum atomic E-state index is 13.1. The molecule has 1 N–H and O–H groups in total. The number of rotatable bonds is 5. The number of ether oxygens (including phenoxy) is 1. The first kappa shape index (κ1) is 17.3. The molecule has 0 saturated carbocycles. The van der Waals surface area contributed by atoms with Gasteiger partial charge in [0.1, 0.15) is 0 Å². The highest BCUT2D eigenvalue weighted by Crippen LogP contribution is 2.15. The predicted molar refractivity (Wildman–Crippen MR) is 79.3 cm³/mol. The zero-order chi connectivity index (χ0) is 16.8. The fourth-order valence-electron chi connectivity index (χ4n) is 2.30. The van der Waals surface area contributed by atoms with Crippen LogP contribution in [0.25, 0.3) is 0 Å². The van der Waals surface area contributed by atoms with Gasteiger partial charge in [-0.05, 0) is 30.5 Å². The molecule has 0 aromatic heterocycles. The second-order valence-electron chi connectivity index (χ2n) is 5.40. The molecule has 0 atom stereocenters. The molecule has 1 aliphatic rings. The molecule has 0 aliphatic carbocycles. The van der Waals surface area contributed by atoms with E-state index in [1.54, 1.807) is 0 Å². The highest BCUT2D eigenvalue weighted by atomic mass is 19.2. The van der Waals surface area contributed by atoms with Gasteiger partial charge in [0.15, 0.2) is 17.5 Å². The Morgan fingerprint density at radius 2 is 2.00 bits per heavy atom. The summed E-state index contributed by atoms with van der Waals surface area (Å²) in [5, 5.41) is 2.73. The normalized spacial score (nSPS) is 14.3. The molecule has 0 spiro atoms. The van der Waals surface area contributed by atoms with E-state index < -0.39 is 17.5 Å². The van der Waals surface area contributed by atoms with Crippen molar-refractivity contribution in [2.24, 2.45) is 0 Å². The zero-order valence-corrected chi connectivity index (χ0v) is 12.9. The molecule has 0 unspecified atom stereocenters. The SMILES string of the molecule is CN(Cc1cc(F)c(F)c(F)c1)C(=O)NCCC1=CCOCC1. The molecule has 1 aliphatic heterocycles. The van der Waals surface area contributed by atoms with Gasteiger partial charge in [-0.2, -0.15) is 0 Å². The van der Waals surface area contributed by atoms with Gasteiger partial charge in [0.25, 0.3) is 0 Å². The molecule has 126 valence electrons.